The second-order valence-electron chi connectivity index (χ2n) is 4.91. The van der Waals surface area contributed by atoms with Gasteiger partial charge in [-0.25, -0.2) is 0 Å². The standard InChI is InChI=1S/C18H17NO/c1-3-16-18(14-9-5-4-6-10-14)15-11-7-8-12-17(15)19(16)13(2)20/h4-12H,3H2,1-2H3. The summed E-state index contributed by atoms with van der Waals surface area (Å²) >= 11 is 0. The minimum absolute atomic E-state index is 0.0697. The van der Waals surface area contributed by atoms with Crippen molar-refractivity contribution in [2.45, 2.75) is 20.3 Å². The lowest BCUT2D eigenvalue weighted by molar-refractivity contribution is 0.0939. The minimum Gasteiger partial charge on any atom is -0.284 e. The predicted octanol–water partition coefficient (Wildman–Crippen LogP) is 4.53. The van der Waals surface area contributed by atoms with Crippen molar-refractivity contribution in [2.24, 2.45) is 0 Å². The molecule has 20 heavy (non-hydrogen) atoms. The van der Waals surface area contributed by atoms with Gasteiger partial charge in [0.05, 0.1) is 5.52 Å². The highest BCUT2D eigenvalue weighted by Gasteiger charge is 2.18. The topological polar surface area (TPSA) is 22.0 Å². The van der Waals surface area contributed by atoms with Gasteiger partial charge in [0.25, 0.3) is 0 Å². The molecule has 1 heterocycles. The van der Waals surface area contributed by atoms with Gasteiger partial charge in [0.1, 0.15) is 0 Å². The molecule has 1 aromatic heterocycles. The average Bonchev–Trinajstić information content (AvgIpc) is 2.82. The van der Waals surface area contributed by atoms with Gasteiger partial charge in [0.2, 0.25) is 5.91 Å². The lowest BCUT2D eigenvalue weighted by Crippen LogP contribution is -2.09. The number of rotatable bonds is 2. The molecule has 100 valence electrons. The van der Waals surface area contributed by atoms with Crippen LogP contribution in [0.2, 0.25) is 0 Å². The van der Waals surface area contributed by atoms with E-state index in [2.05, 4.69) is 25.1 Å². The van der Waals surface area contributed by atoms with E-state index in [0.717, 1.165) is 23.0 Å². The molecule has 0 atom stereocenters. The number of fused-ring (bicyclic) bond motifs is 1. The Hall–Kier alpha value is -2.35. The normalized spacial score (nSPS) is 10.9. The summed E-state index contributed by atoms with van der Waals surface area (Å²) in [5.41, 5.74) is 4.43. The third kappa shape index (κ3) is 1.85. The zero-order chi connectivity index (χ0) is 14.1. The Morgan fingerprint density at radius 3 is 2.30 bits per heavy atom. The zero-order valence-electron chi connectivity index (χ0n) is 11.8. The number of nitrogens with zero attached hydrogens (tertiary/aromatic N) is 1. The fourth-order valence-corrected chi connectivity index (χ4v) is 2.91. The molecule has 0 aliphatic carbocycles. The van der Waals surface area contributed by atoms with Crippen LogP contribution < -0.4 is 0 Å². The first kappa shape index (κ1) is 12.7. The number of carbonyl (C=O) groups excluding carboxylic acids is 1. The van der Waals surface area contributed by atoms with Gasteiger partial charge in [-0.3, -0.25) is 9.36 Å². The highest BCUT2D eigenvalue weighted by atomic mass is 16.1. The van der Waals surface area contributed by atoms with Gasteiger partial charge < -0.3 is 0 Å². The first-order chi connectivity index (χ1) is 9.74. The smallest absolute Gasteiger partial charge is 0.228 e. The van der Waals surface area contributed by atoms with Gasteiger partial charge in [-0.05, 0) is 18.1 Å². The van der Waals surface area contributed by atoms with Crippen molar-refractivity contribution in [3.8, 4) is 11.1 Å². The molecule has 0 amide bonds. The number of hydrogen-bond donors (Lipinski definition) is 0. The van der Waals surface area contributed by atoms with Crippen LogP contribution in [0.3, 0.4) is 0 Å². The number of carbonyl (C=O) groups is 1. The molecular formula is C18H17NO. The van der Waals surface area contributed by atoms with Crippen LogP contribution in [-0.4, -0.2) is 10.5 Å². The lowest BCUT2D eigenvalue weighted by Gasteiger charge is -2.07. The first-order valence-corrected chi connectivity index (χ1v) is 6.92. The predicted molar refractivity (Wildman–Crippen MR) is 83.1 cm³/mol. The molecule has 0 fully saturated rings. The van der Waals surface area contributed by atoms with Crippen molar-refractivity contribution in [2.75, 3.05) is 0 Å². The zero-order valence-corrected chi connectivity index (χ0v) is 11.8. The van der Waals surface area contributed by atoms with Crippen LogP contribution in [-0.2, 0) is 6.42 Å². The van der Waals surface area contributed by atoms with E-state index in [9.17, 15) is 4.79 Å². The number of benzene rings is 2. The van der Waals surface area contributed by atoms with Crippen LogP contribution in [0.25, 0.3) is 22.0 Å². The molecule has 0 radical (unpaired) electrons. The van der Waals surface area contributed by atoms with Crippen molar-refractivity contribution in [1.82, 2.24) is 4.57 Å². The number of hydrogen-bond acceptors (Lipinski definition) is 1. The molecule has 3 aromatic rings. The summed E-state index contributed by atoms with van der Waals surface area (Å²) in [7, 11) is 0. The number of para-hydroxylation sites is 1. The molecule has 0 saturated heterocycles. The molecule has 2 aromatic carbocycles. The van der Waals surface area contributed by atoms with Crippen LogP contribution in [0, 0.1) is 0 Å². The van der Waals surface area contributed by atoms with E-state index < -0.39 is 0 Å². The first-order valence-electron chi connectivity index (χ1n) is 6.92. The van der Waals surface area contributed by atoms with E-state index in [1.807, 2.05) is 41.0 Å². The molecule has 0 spiro atoms. The van der Waals surface area contributed by atoms with E-state index in [-0.39, 0.29) is 5.91 Å². The quantitative estimate of drug-likeness (QED) is 0.665. The van der Waals surface area contributed by atoms with Crippen molar-refractivity contribution in [1.29, 1.82) is 0 Å². The van der Waals surface area contributed by atoms with Crippen LogP contribution in [0.4, 0.5) is 0 Å². The molecule has 0 N–H and O–H groups in total. The maximum Gasteiger partial charge on any atom is 0.228 e. The monoisotopic (exact) mass is 263 g/mol. The Morgan fingerprint density at radius 1 is 1.00 bits per heavy atom. The van der Waals surface area contributed by atoms with Crippen molar-refractivity contribution >= 4 is 16.8 Å². The van der Waals surface area contributed by atoms with Gasteiger partial charge in [-0.1, -0.05) is 55.5 Å². The molecule has 0 aliphatic heterocycles. The minimum atomic E-state index is 0.0697. The molecule has 2 nitrogen and oxygen atoms in total. The third-order valence-corrected chi connectivity index (χ3v) is 3.69. The largest absolute Gasteiger partial charge is 0.284 e. The maximum atomic E-state index is 12.0. The highest BCUT2D eigenvalue weighted by Crippen LogP contribution is 2.35. The van der Waals surface area contributed by atoms with E-state index >= 15 is 0 Å². The third-order valence-electron chi connectivity index (χ3n) is 3.69. The second kappa shape index (κ2) is 4.97. The summed E-state index contributed by atoms with van der Waals surface area (Å²) in [5.74, 6) is 0.0697. The molecule has 2 heteroatoms. The summed E-state index contributed by atoms with van der Waals surface area (Å²) in [5, 5.41) is 1.14. The van der Waals surface area contributed by atoms with E-state index in [0.29, 0.717) is 0 Å². The fraction of sp³-hybridized carbons (Fsp3) is 0.167. The summed E-state index contributed by atoms with van der Waals surface area (Å²) in [6.07, 6.45) is 0.832. The van der Waals surface area contributed by atoms with Gasteiger partial charge >= 0.3 is 0 Å². The SMILES string of the molecule is CCc1c(-c2ccccc2)c2ccccc2n1C(C)=O. The van der Waals surface area contributed by atoms with Crippen molar-refractivity contribution in [3.05, 3.63) is 60.3 Å². The van der Waals surface area contributed by atoms with Crippen LogP contribution in [0.15, 0.2) is 54.6 Å². The Bertz CT molecular complexity index is 769. The van der Waals surface area contributed by atoms with Gasteiger partial charge in [-0.2, -0.15) is 0 Å². The van der Waals surface area contributed by atoms with Crippen molar-refractivity contribution < 1.29 is 4.79 Å². The Balaban J connectivity index is 2.45. The molecule has 0 bridgehead atoms. The lowest BCUT2D eigenvalue weighted by atomic mass is 10.0. The second-order valence-corrected chi connectivity index (χ2v) is 4.91. The van der Waals surface area contributed by atoms with E-state index in [1.165, 1.54) is 11.1 Å². The Labute approximate surface area is 118 Å². The van der Waals surface area contributed by atoms with Gasteiger partial charge in [-0.15, -0.1) is 0 Å². The Morgan fingerprint density at radius 2 is 1.65 bits per heavy atom. The van der Waals surface area contributed by atoms with Crippen LogP contribution in [0.1, 0.15) is 24.3 Å². The molecule has 0 aliphatic rings. The van der Waals surface area contributed by atoms with Crippen LogP contribution >= 0.6 is 0 Å². The molecule has 0 unspecified atom stereocenters. The summed E-state index contributed by atoms with van der Waals surface area (Å²) < 4.78 is 1.84. The van der Waals surface area contributed by atoms with E-state index in [1.54, 1.807) is 6.92 Å². The number of aromatic nitrogens is 1. The maximum absolute atomic E-state index is 12.0. The molecule has 0 saturated carbocycles. The van der Waals surface area contributed by atoms with Gasteiger partial charge in [0, 0.05) is 23.6 Å². The van der Waals surface area contributed by atoms with Crippen LogP contribution in [0.5, 0.6) is 0 Å². The fourth-order valence-electron chi connectivity index (χ4n) is 2.91. The summed E-state index contributed by atoms with van der Waals surface area (Å²) in [6, 6.07) is 18.4. The Kier molecular flexibility index (Phi) is 3.15. The van der Waals surface area contributed by atoms with E-state index in [4.69, 9.17) is 0 Å². The molecule has 3 rings (SSSR count). The van der Waals surface area contributed by atoms with Gasteiger partial charge in [0.15, 0.2) is 0 Å². The van der Waals surface area contributed by atoms with Crippen molar-refractivity contribution in [3.63, 3.8) is 0 Å². The summed E-state index contributed by atoms with van der Waals surface area (Å²) in [4.78, 5) is 12.0. The summed E-state index contributed by atoms with van der Waals surface area (Å²) in [6.45, 7) is 3.72. The average molecular weight is 263 g/mol. The highest BCUT2D eigenvalue weighted by molar-refractivity contribution is 6.03. The molecular weight excluding hydrogens is 246 g/mol.